The van der Waals surface area contributed by atoms with Crippen molar-refractivity contribution in [3.8, 4) is 0 Å². The van der Waals surface area contributed by atoms with E-state index in [2.05, 4.69) is 17.2 Å². The highest BCUT2D eigenvalue weighted by Gasteiger charge is 2.28. The third kappa shape index (κ3) is 4.47. The molecular formula is C20H27N3O2. The third-order valence-corrected chi connectivity index (χ3v) is 4.72. The topological polar surface area (TPSA) is 64.0 Å². The summed E-state index contributed by atoms with van der Waals surface area (Å²) in [5.74, 6) is 0.786. The van der Waals surface area contributed by atoms with Crippen LogP contribution in [0.5, 0.6) is 0 Å². The van der Waals surface area contributed by atoms with E-state index in [1.165, 1.54) is 12.8 Å². The highest BCUT2D eigenvalue weighted by Crippen LogP contribution is 2.34. The van der Waals surface area contributed by atoms with Gasteiger partial charge in [0.2, 0.25) is 5.91 Å². The number of nitrogens with zero attached hydrogens (tertiary/aromatic N) is 2. The van der Waals surface area contributed by atoms with Crippen LogP contribution in [0.3, 0.4) is 0 Å². The SMILES string of the molecule is CCCCCCNC(=O)CCc1nc2ccccc2c(=O)n1C1CC1. The standard InChI is InChI=1S/C20H27N3O2/c1-2-3-4-7-14-21-19(24)13-12-18-22-17-9-6-5-8-16(17)20(25)23(18)15-10-11-15/h5-6,8-9,15H,2-4,7,10-14H2,1H3,(H,21,24). The largest absolute Gasteiger partial charge is 0.356 e. The predicted molar refractivity (Wildman–Crippen MR) is 99.7 cm³/mol. The lowest BCUT2D eigenvalue weighted by atomic mass is 10.2. The maximum Gasteiger partial charge on any atom is 0.261 e. The summed E-state index contributed by atoms with van der Waals surface area (Å²) in [5, 5.41) is 3.64. The second-order valence-electron chi connectivity index (χ2n) is 6.86. The molecule has 1 amide bonds. The number of amides is 1. The molecule has 1 saturated carbocycles. The maximum atomic E-state index is 12.8. The van der Waals surface area contributed by atoms with Crippen LogP contribution in [-0.4, -0.2) is 22.0 Å². The number of benzene rings is 1. The zero-order valence-corrected chi connectivity index (χ0v) is 15.0. The molecule has 0 radical (unpaired) electrons. The number of fused-ring (bicyclic) bond motifs is 1. The van der Waals surface area contributed by atoms with Gasteiger partial charge >= 0.3 is 0 Å². The van der Waals surface area contributed by atoms with Gasteiger partial charge in [-0.05, 0) is 31.4 Å². The maximum absolute atomic E-state index is 12.8. The van der Waals surface area contributed by atoms with Gasteiger partial charge in [-0.25, -0.2) is 4.98 Å². The normalized spacial score (nSPS) is 14.0. The van der Waals surface area contributed by atoms with Crippen LogP contribution in [0.1, 0.15) is 63.7 Å². The van der Waals surface area contributed by atoms with Gasteiger partial charge in [-0.3, -0.25) is 14.2 Å². The summed E-state index contributed by atoms with van der Waals surface area (Å²) in [6.45, 7) is 2.91. The van der Waals surface area contributed by atoms with Gasteiger partial charge in [0.25, 0.3) is 5.56 Å². The Labute approximate surface area is 148 Å². The molecule has 1 fully saturated rings. The molecule has 1 aliphatic rings. The zero-order valence-electron chi connectivity index (χ0n) is 15.0. The average Bonchev–Trinajstić information content (AvgIpc) is 3.45. The van der Waals surface area contributed by atoms with Crippen molar-refractivity contribution >= 4 is 16.8 Å². The number of rotatable bonds is 9. The van der Waals surface area contributed by atoms with Gasteiger partial charge < -0.3 is 5.32 Å². The Hall–Kier alpha value is -2.17. The molecule has 2 aromatic rings. The van der Waals surface area contributed by atoms with E-state index in [4.69, 9.17) is 0 Å². The number of hydrogen-bond donors (Lipinski definition) is 1. The third-order valence-electron chi connectivity index (χ3n) is 4.72. The molecule has 1 heterocycles. The lowest BCUT2D eigenvalue weighted by molar-refractivity contribution is -0.121. The van der Waals surface area contributed by atoms with Crippen molar-refractivity contribution in [1.29, 1.82) is 0 Å². The van der Waals surface area contributed by atoms with Crippen LogP contribution in [0.25, 0.3) is 10.9 Å². The van der Waals surface area contributed by atoms with Crippen LogP contribution >= 0.6 is 0 Å². The first-order chi connectivity index (χ1) is 12.2. The molecule has 0 bridgehead atoms. The van der Waals surface area contributed by atoms with Gasteiger partial charge in [0.1, 0.15) is 5.82 Å². The minimum Gasteiger partial charge on any atom is -0.356 e. The fraction of sp³-hybridized carbons (Fsp3) is 0.550. The summed E-state index contributed by atoms with van der Waals surface area (Å²) in [5.41, 5.74) is 0.752. The van der Waals surface area contributed by atoms with E-state index in [9.17, 15) is 9.59 Å². The summed E-state index contributed by atoms with van der Waals surface area (Å²) >= 11 is 0. The van der Waals surface area contributed by atoms with Crippen LogP contribution in [0.2, 0.25) is 0 Å². The minimum atomic E-state index is 0.0306. The smallest absolute Gasteiger partial charge is 0.261 e. The van der Waals surface area contributed by atoms with Gasteiger partial charge in [0.05, 0.1) is 10.9 Å². The first kappa shape index (κ1) is 17.6. The van der Waals surface area contributed by atoms with E-state index in [1.54, 1.807) is 0 Å². The quantitative estimate of drug-likeness (QED) is 0.711. The highest BCUT2D eigenvalue weighted by molar-refractivity contribution is 5.78. The first-order valence-electron chi connectivity index (χ1n) is 9.47. The highest BCUT2D eigenvalue weighted by atomic mass is 16.1. The van der Waals surface area contributed by atoms with Crippen molar-refractivity contribution in [2.75, 3.05) is 6.54 Å². The van der Waals surface area contributed by atoms with Crippen LogP contribution in [-0.2, 0) is 11.2 Å². The Morgan fingerprint density at radius 1 is 1.24 bits per heavy atom. The molecule has 0 saturated heterocycles. The van der Waals surface area contributed by atoms with Crippen LogP contribution in [0.15, 0.2) is 29.1 Å². The summed E-state index contributed by atoms with van der Waals surface area (Å²) in [6.07, 6.45) is 7.53. The number of para-hydroxylation sites is 1. The van der Waals surface area contributed by atoms with Gasteiger partial charge in [-0.1, -0.05) is 38.3 Å². The fourth-order valence-electron chi connectivity index (χ4n) is 3.17. The Morgan fingerprint density at radius 3 is 2.80 bits per heavy atom. The van der Waals surface area contributed by atoms with Crippen molar-refractivity contribution in [3.63, 3.8) is 0 Å². The Morgan fingerprint density at radius 2 is 2.04 bits per heavy atom. The number of aryl methyl sites for hydroxylation is 1. The summed E-state index contributed by atoms with van der Waals surface area (Å²) < 4.78 is 1.82. The average molecular weight is 341 g/mol. The monoisotopic (exact) mass is 341 g/mol. The number of unbranched alkanes of at least 4 members (excludes halogenated alkanes) is 3. The molecule has 1 N–H and O–H groups in total. The van der Waals surface area contributed by atoms with Gasteiger partial charge in [-0.2, -0.15) is 0 Å². The second-order valence-corrected chi connectivity index (χ2v) is 6.86. The van der Waals surface area contributed by atoms with E-state index in [1.807, 2.05) is 28.8 Å². The van der Waals surface area contributed by atoms with Crippen molar-refractivity contribution in [3.05, 3.63) is 40.4 Å². The lowest BCUT2D eigenvalue weighted by Crippen LogP contribution is -2.28. The molecule has 1 aromatic heterocycles. The molecule has 5 nitrogen and oxygen atoms in total. The van der Waals surface area contributed by atoms with E-state index in [0.717, 1.165) is 43.6 Å². The van der Waals surface area contributed by atoms with Crippen LogP contribution in [0, 0.1) is 0 Å². The molecule has 0 unspecified atom stereocenters. The molecule has 0 spiro atoms. The van der Waals surface area contributed by atoms with Crippen molar-refractivity contribution in [1.82, 2.24) is 14.9 Å². The summed E-state index contributed by atoms with van der Waals surface area (Å²) in [6, 6.07) is 7.72. The molecule has 134 valence electrons. The van der Waals surface area contributed by atoms with Crippen LogP contribution in [0.4, 0.5) is 0 Å². The minimum absolute atomic E-state index is 0.0306. The Kier molecular flexibility index (Phi) is 5.84. The number of carbonyl (C=O) groups excluding carboxylic acids is 1. The van der Waals surface area contributed by atoms with E-state index in [0.29, 0.717) is 18.2 Å². The van der Waals surface area contributed by atoms with E-state index >= 15 is 0 Å². The molecule has 0 aliphatic heterocycles. The molecule has 5 heteroatoms. The predicted octanol–water partition coefficient (Wildman–Crippen LogP) is 3.36. The molecule has 25 heavy (non-hydrogen) atoms. The number of aromatic nitrogens is 2. The molecule has 1 aliphatic carbocycles. The number of carbonyl (C=O) groups is 1. The lowest BCUT2D eigenvalue weighted by Gasteiger charge is -2.13. The van der Waals surface area contributed by atoms with Crippen molar-refractivity contribution < 1.29 is 4.79 Å². The van der Waals surface area contributed by atoms with E-state index < -0.39 is 0 Å². The summed E-state index contributed by atoms with van der Waals surface area (Å²) in [7, 11) is 0. The van der Waals surface area contributed by atoms with Crippen molar-refractivity contribution in [2.45, 2.75) is 64.3 Å². The first-order valence-corrected chi connectivity index (χ1v) is 9.47. The second kappa shape index (κ2) is 8.28. The molecule has 0 atom stereocenters. The van der Waals surface area contributed by atoms with Gasteiger partial charge in [0.15, 0.2) is 0 Å². The molecular weight excluding hydrogens is 314 g/mol. The van der Waals surface area contributed by atoms with Gasteiger partial charge in [-0.15, -0.1) is 0 Å². The Bertz CT molecular complexity index is 793. The summed E-state index contributed by atoms with van der Waals surface area (Å²) in [4.78, 5) is 29.5. The van der Waals surface area contributed by atoms with Crippen molar-refractivity contribution in [2.24, 2.45) is 0 Å². The zero-order chi connectivity index (χ0) is 17.6. The molecule has 1 aromatic carbocycles. The molecule has 3 rings (SSSR count). The van der Waals surface area contributed by atoms with Crippen LogP contribution < -0.4 is 10.9 Å². The number of hydrogen-bond acceptors (Lipinski definition) is 3. The Balaban J connectivity index is 1.66. The van der Waals surface area contributed by atoms with Gasteiger partial charge in [0, 0.05) is 25.4 Å². The van der Waals surface area contributed by atoms with E-state index in [-0.39, 0.29) is 17.5 Å². The fourth-order valence-corrected chi connectivity index (χ4v) is 3.17. The number of nitrogens with one attached hydrogen (secondary N) is 1.